The molecule has 7 amide bonds. The van der Waals surface area contributed by atoms with E-state index in [2.05, 4.69) is 57.5 Å². The van der Waals surface area contributed by atoms with Crippen LogP contribution in [0.25, 0.3) is 0 Å². The molecule has 0 radical (unpaired) electrons. The number of nitrogens with two attached hydrogens (primary N) is 6. The van der Waals surface area contributed by atoms with Crippen LogP contribution in [0.15, 0.2) is 40.4 Å². The van der Waals surface area contributed by atoms with Crippen LogP contribution in [0.4, 0.5) is 5.69 Å². The third-order valence-corrected chi connectivity index (χ3v) is 12.1. The Kier molecular flexibility index (Phi) is 31.2. The number of hydrogen-bond acceptors (Lipinski definition) is 17. The number of carbonyl (C=O) groups is 8. The Labute approximate surface area is 465 Å². The predicted octanol–water partition coefficient (Wildman–Crippen LogP) is -4.11. The molecule has 1 aromatic heterocycles. The molecule has 0 aliphatic carbocycles. The lowest BCUT2D eigenvalue weighted by Gasteiger charge is -2.26. The van der Waals surface area contributed by atoms with E-state index < -0.39 is 96.5 Å². The average Bonchev–Trinajstić information content (AvgIpc) is 3.86. The highest BCUT2D eigenvalue weighted by Gasteiger charge is 2.33. The van der Waals surface area contributed by atoms with Crippen LogP contribution >= 0.6 is 0 Å². The number of carboxylic acids is 1. The summed E-state index contributed by atoms with van der Waals surface area (Å²) in [6.45, 7) is 6.49. The second kappa shape index (κ2) is 37.4. The van der Waals surface area contributed by atoms with Gasteiger partial charge in [-0.15, -0.1) is 5.10 Å². The van der Waals surface area contributed by atoms with E-state index in [1.807, 2.05) is 13.8 Å². The van der Waals surface area contributed by atoms with Gasteiger partial charge in [0.1, 0.15) is 30.2 Å². The van der Waals surface area contributed by atoms with Gasteiger partial charge in [-0.3, -0.25) is 48.0 Å². The van der Waals surface area contributed by atoms with Gasteiger partial charge in [0.15, 0.2) is 11.9 Å². The lowest BCUT2D eigenvalue weighted by Crippen LogP contribution is -2.58. The highest BCUT2D eigenvalue weighted by atomic mass is 16.5. The number of amides is 7. The first-order valence-electron chi connectivity index (χ1n) is 26.8. The molecule has 0 unspecified atom stereocenters. The Balaban J connectivity index is 1.96. The van der Waals surface area contributed by atoms with Gasteiger partial charge in [0.25, 0.3) is 0 Å². The van der Waals surface area contributed by atoms with Gasteiger partial charge < -0.3 is 90.9 Å². The summed E-state index contributed by atoms with van der Waals surface area (Å²) in [6, 6.07) is -1.73. The summed E-state index contributed by atoms with van der Waals surface area (Å²) in [6.07, 6.45) is 3.30. The van der Waals surface area contributed by atoms with E-state index in [9.17, 15) is 43.5 Å². The second-order valence-electron chi connectivity index (χ2n) is 19.4. The van der Waals surface area contributed by atoms with Gasteiger partial charge in [-0.05, 0) is 87.9 Å². The van der Waals surface area contributed by atoms with Crippen molar-refractivity contribution in [2.75, 3.05) is 65.8 Å². The number of carboxylic acid groups (broad SMARTS) is 1. The zero-order valence-corrected chi connectivity index (χ0v) is 45.8. The van der Waals surface area contributed by atoms with Gasteiger partial charge in [0, 0.05) is 51.9 Å². The maximum Gasteiger partial charge on any atom is 0.305 e. The molecule has 6 atom stereocenters. The summed E-state index contributed by atoms with van der Waals surface area (Å²) in [5.41, 5.74) is 35.1. The number of rotatable bonds is 26. The van der Waals surface area contributed by atoms with Gasteiger partial charge in [-0.25, -0.2) is 4.99 Å². The standard InChI is InChI=1S/C50H84N18O12/c1-31(2)10-15-38-46(75)63-37(9-5-17-58-49(53)54)45(74)59-29-41(69)61-40(28-42(70)71)48(77)65-39(26-32-11-13-33(14-12-32)60-50(55)56)47(76)64-36(8-3-4-19-68-30-34(66-67-68)27-35(52)43(72)62-38)44(73)57-18-7-21-79-23-25-80-24-22-78-20-6-16-51/h11-14,30-31,35-40H,3-10,15-29,51-52H2,1-2H3,(H,57,73)(H,59,74)(H,61,69)(H,62,72)(H,63,75)(H,64,76)(H,65,77)(H,70,71)(H4,53,54,58)(H4,55,56,60)/t35-,36-,37-,38-,39-,40-/m0/s1. The summed E-state index contributed by atoms with van der Waals surface area (Å²) in [4.78, 5) is 117. The topological polar surface area (TPSA) is 480 Å². The van der Waals surface area contributed by atoms with Crippen molar-refractivity contribution in [3.63, 3.8) is 0 Å². The van der Waals surface area contributed by atoms with Crippen molar-refractivity contribution in [1.29, 1.82) is 0 Å². The van der Waals surface area contributed by atoms with E-state index in [0.29, 0.717) is 88.8 Å². The van der Waals surface area contributed by atoms with Crippen LogP contribution in [0.2, 0.25) is 0 Å². The number of aliphatic imine (C=N–C) groups is 2. The minimum Gasteiger partial charge on any atom is -0.481 e. The van der Waals surface area contributed by atoms with Crippen LogP contribution in [0, 0.1) is 5.92 Å². The third kappa shape index (κ3) is 27.9. The van der Waals surface area contributed by atoms with E-state index in [-0.39, 0.29) is 76.1 Å². The number of aryl methyl sites for hydroxylation is 1. The number of carbonyl (C=O) groups excluding carboxylic acids is 7. The van der Waals surface area contributed by atoms with Crippen molar-refractivity contribution in [3.05, 3.63) is 41.7 Å². The zero-order valence-electron chi connectivity index (χ0n) is 45.8. The molecule has 0 fully saturated rings. The molecule has 446 valence electrons. The SMILES string of the molecule is CC(C)CC[C@@H]1NC(=O)[C@@H](N)Cc2cn(nn2)CCCC[C@@H](C(=O)NCCCOCCOCCOCCCN)NC(=O)[C@H](Cc2ccc(N=C(N)N)cc2)NC(=O)[C@H](CC(=O)O)NC(=O)CNC(=O)[C@H](CCCN=C(N)N)NC1=O. The summed E-state index contributed by atoms with van der Waals surface area (Å²) >= 11 is 0. The molecule has 0 saturated carbocycles. The molecule has 80 heavy (non-hydrogen) atoms. The lowest BCUT2D eigenvalue weighted by molar-refractivity contribution is -0.141. The van der Waals surface area contributed by atoms with Crippen molar-refractivity contribution in [2.24, 2.45) is 50.3 Å². The van der Waals surface area contributed by atoms with E-state index in [1.54, 1.807) is 30.5 Å². The summed E-state index contributed by atoms with van der Waals surface area (Å²) in [7, 11) is 0. The third-order valence-electron chi connectivity index (χ3n) is 12.1. The van der Waals surface area contributed by atoms with E-state index in [1.165, 1.54) is 4.68 Å². The van der Waals surface area contributed by atoms with E-state index >= 15 is 0 Å². The zero-order chi connectivity index (χ0) is 58.8. The van der Waals surface area contributed by atoms with Gasteiger partial charge >= 0.3 is 5.97 Å². The number of benzene rings is 1. The molecule has 0 saturated heterocycles. The molecule has 30 heteroatoms. The highest BCUT2D eigenvalue weighted by Crippen LogP contribution is 2.16. The molecule has 1 aliphatic heterocycles. The fraction of sp³-hybridized carbons (Fsp3) is 0.640. The van der Waals surface area contributed by atoms with Crippen molar-refractivity contribution >= 4 is 64.9 Å². The fourth-order valence-corrected chi connectivity index (χ4v) is 7.84. The molecule has 2 aromatic rings. The molecule has 1 aromatic carbocycles. The molecule has 3 rings (SSSR count). The first-order chi connectivity index (χ1) is 38.2. The number of nitrogens with zero attached hydrogens (tertiary/aromatic N) is 5. The number of aromatic nitrogens is 3. The number of nitrogens with one attached hydrogen (secondary N) is 7. The first kappa shape index (κ1) is 66.7. The monoisotopic (exact) mass is 1130 g/mol. The van der Waals surface area contributed by atoms with Crippen molar-refractivity contribution in [2.45, 2.75) is 134 Å². The number of ether oxygens (including phenoxy) is 3. The largest absolute Gasteiger partial charge is 0.481 e. The number of aliphatic carboxylic acids is 1. The van der Waals surface area contributed by atoms with Crippen molar-refractivity contribution < 1.29 is 57.7 Å². The quantitative estimate of drug-likeness (QED) is 0.0242. The first-order valence-corrected chi connectivity index (χ1v) is 26.8. The summed E-state index contributed by atoms with van der Waals surface area (Å²) in [5, 5.41) is 36.5. The summed E-state index contributed by atoms with van der Waals surface area (Å²) < 4.78 is 18.1. The molecular formula is C50H84N18O12. The molecule has 0 spiro atoms. The average molecular weight is 1130 g/mol. The normalized spacial score (nSPS) is 20.4. The van der Waals surface area contributed by atoms with Gasteiger partial charge in [0.05, 0.1) is 56.8 Å². The van der Waals surface area contributed by atoms with Crippen LogP contribution in [0.1, 0.15) is 89.3 Å². The smallest absolute Gasteiger partial charge is 0.305 e. The maximum absolute atomic E-state index is 14.4. The Morgan fingerprint density at radius 2 is 1.39 bits per heavy atom. The van der Waals surface area contributed by atoms with E-state index in [4.69, 9.17) is 48.6 Å². The van der Waals surface area contributed by atoms with Gasteiger partial charge in [0.2, 0.25) is 41.4 Å². The minimum absolute atomic E-state index is 0.0393. The molecule has 20 N–H and O–H groups in total. The molecule has 1 aliphatic rings. The number of guanidine groups is 2. The van der Waals surface area contributed by atoms with E-state index in [0.717, 1.165) is 6.42 Å². The Bertz CT molecular complexity index is 2330. The van der Waals surface area contributed by atoms with Crippen LogP contribution in [-0.4, -0.2) is 181 Å². The molecule has 30 nitrogen and oxygen atoms in total. The Hall–Kier alpha value is -7.54. The fourth-order valence-electron chi connectivity index (χ4n) is 7.84. The van der Waals surface area contributed by atoms with Gasteiger partial charge in [-0.2, -0.15) is 0 Å². The molecule has 2 bridgehead atoms. The van der Waals surface area contributed by atoms with Crippen molar-refractivity contribution in [1.82, 2.24) is 52.2 Å². The Morgan fingerprint density at radius 3 is 2.04 bits per heavy atom. The lowest BCUT2D eigenvalue weighted by atomic mass is 10.0. The minimum atomic E-state index is -1.79. The second-order valence-corrected chi connectivity index (χ2v) is 19.4. The van der Waals surface area contributed by atoms with Crippen LogP contribution < -0.4 is 71.6 Å². The number of fused-ring (bicyclic) bond motifs is 2. The van der Waals surface area contributed by atoms with Crippen molar-refractivity contribution in [3.8, 4) is 0 Å². The van der Waals surface area contributed by atoms with Gasteiger partial charge in [-0.1, -0.05) is 31.2 Å². The van der Waals surface area contributed by atoms with Crippen LogP contribution in [0.3, 0.4) is 0 Å². The predicted molar refractivity (Wildman–Crippen MR) is 294 cm³/mol. The molecule has 2 heterocycles. The summed E-state index contributed by atoms with van der Waals surface area (Å²) in [5.74, 6) is -7.50. The number of hydrogen-bond donors (Lipinski definition) is 14. The van der Waals surface area contributed by atoms with Crippen LogP contribution in [0.5, 0.6) is 0 Å². The highest BCUT2D eigenvalue weighted by molar-refractivity contribution is 5.97. The molecular weight excluding hydrogens is 1040 g/mol. The van der Waals surface area contributed by atoms with Crippen LogP contribution in [-0.2, 0) is 72.0 Å². The Morgan fingerprint density at radius 1 is 0.762 bits per heavy atom. The maximum atomic E-state index is 14.4.